The predicted molar refractivity (Wildman–Crippen MR) is 120 cm³/mol. The van der Waals surface area contributed by atoms with Gasteiger partial charge in [0, 0.05) is 45.0 Å². The van der Waals surface area contributed by atoms with Crippen LogP contribution in [0.3, 0.4) is 0 Å². The van der Waals surface area contributed by atoms with Crippen molar-refractivity contribution in [1.29, 1.82) is 0 Å². The lowest BCUT2D eigenvalue weighted by Crippen LogP contribution is -2.49. The second kappa shape index (κ2) is 8.24. The number of carbonyl (C=O) groups excluding carboxylic acids is 1. The van der Waals surface area contributed by atoms with Crippen molar-refractivity contribution >= 4 is 11.9 Å². The van der Waals surface area contributed by atoms with Crippen molar-refractivity contribution in [3.63, 3.8) is 0 Å². The number of hydrogen-bond donors (Lipinski definition) is 1. The smallest absolute Gasteiger partial charge is 0.407 e. The van der Waals surface area contributed by atoms with Gasteiger partial charge in [-0.05, 0) is 45.2 Å². The predicted octanol–water partition coefficient (Wildman–Crippen LogP) is 3.11. The SMILES string of the molecule is CN1N=C(N2CCC(NC(=O)OC(C)(C)C)CC2)c2ccccc2C1c1ccnn1C. The van der Waals surface area contributed by atoms with Crippen molar-refractivity contribution in [2.75, 3.05) is 20.1 Å². The van der Waals surface area contributed by atoms with Crippen LogP contribution < -0.4 is 5.32 Å². The maximum atomic E-state index is 12.1. The third-order valence-electron chi connectivity index (χ3n) is 5.78. The van der Waals surface area contributed by atoms with Gasteiger partial charge in [0.15, 0.2) is 5.84 Å². The highest BCUT2D eigenvalue weighted by atomic mass is 16.6. The number of benzene rings is 1. The number of nitrogens with zero attached hydrogens (tertiary/aromatic N) is 5. The first-order chi connectivity index (χ1) is 14.7. The van der Waals surface area contributed by atoms with Crippen LogP contribution in [0.4, 0.5) is 4.79 Å². The molecule has 0 aliphatic carbocycles. The number of piperidine rings is 1. The van der Waals surface area contributed by atoms with Crippen LogP contribution in [0.1, 0.15) is 56.5 Å². The van der Waals surface area contributed by atoms with E-state index in [0.29, 0.717) is 0 Å². The molecule has 0 radical (unpaired) electrons. The Kier molecular flexibility index (Phi) is 5.64. The zero-order chi connectivity index (χ0) is 22.2. The number of hydrazone groups is 1. The second-order valence-electron chi connectivity index (χ2n) is 9.27. The Balaban J connectivity index is 1.49. The zero-order valence-electron chi connectivity index (χ0n) is 19.0. The summed E-state index contributed by atoms with van der Waals surface area (Å²) < 4.78 is 7.31. The molecular formula is C23H32N6O2. The number of likely N-dealkylation sites (tertiary alicyclic amines) is 1. The molecule has 2 aliphatic rings. The van der Waals surface area contributed by atoms with Crippen molar-refractivity contribution in [2.45, 2.75) is 51.3 Å². The van der Waals surface area contributed by atoms with Crippen molar-refractivity contribution in [3.8, 4) is 0 Å². The fourth-order valence-corrected chi connectivity index (χ4v) is 4.35. The maximum absolute atomic E-state index is 12.1. The Bertz CT molecular complexity index is 968. The molecule has 4 rings (SSSR count). The fraction of sp³-hybridized carbons (Fsp3) is 0.522. The Morgan fingerprint density at radius 1 is 1.13 bits per heavy atom. The summed E-state index contributed by atoms with van der Waals surface area (Å²) in [7, 11) is 3.98. The van der Waals surface area contributed by atoms with Crippen LogP contribution in [0, 0.1) is 0 Å². The molecule has 0 bridgehead atoms. The number of carbonyl (C=O) groups is 1. The van der Waals surface area contributed by atoms with E-state index in [0.717, 1.165) is 43.0 Å². The molecule has 8 nitrogen and oxygen atoms in total. The largest absolute Gasteiger partial charge is 0.444 e. The number of aryl methyl sites for hydroxylation is 1. The molecule has 0 spiro atoms. The highest BCUT2D eigenvalue weighted by molar-refractivity contribution is 6.01. The average Bonchev–Trinajstić information content (AvgIpc) is 3.12. The highest BCUT2D eigenvalue weighted by Gasteiger charge is 2.33. The molecule has 0 saturated carbocycles. The summed E-state index contributed by atoms with van der Waals surface area (Å²) in [6.45, 7) is 7.30. The molecule has 1 amide bonds. The Hall–Kier alpha value is -3.03. The van der Waals surface area contributed by atoms with Gasteiger partial charge in [-0.25, -0.2) is 4.79 Å². The number of aromatic nitrogens is 2. The first-order valence-electron chi connectivity index (χ1n) is 10.9. The highest BCUT2D eigenvalue weighted by Crippen LogP contribution is 2.35. The minimum absolute atomic E-state index is 0.0267. The average molecular weight is 425 g/mol. The molecule has 1 aromatic carbocycles. The summed E-state index contributed by atoms with van der Waals surface area (Å²) >= 11 is 0. The minimum Gasteiger partial charge on any atom is -0.444 e. The molecule has 1 aromatic heterocycles. The Labute approximate surface area is 183 Å². The zero-order valence-corrected chi connectivity index (χ0v) is 19.0. The molecule has 1 unspecified atom stereocenters. The van der Waals surface area contributed by atoms with Crippen LogP contribution in [0.5, 0.6) is 0 Å². The van der Waals surface area contributed by atoms with E-state index in [9.17, 15) is 4.79 Å². The molecule has 2 aromatic rings. The third kappa shape index (κ3) is 4.52. The molecule has 2 aliphatic heterocycles. The number of ether oxygens (including phenoxy) is 1. The van der Waals surface area contributed by atoms with E-state index < -0.39 is 5.60 Å². The Morgan fingerprint density at radius 3 is 2.48 bits per heavy atom. The van der Waals surface area contributed by atoms with Gasteiger partial charge in [-0.3, -0.25) is 9.69 Å². The van der Waals surface area contributed by atoms with Gasteiger partial charge in [-0.15, -0.1) is 0 Å². The second-order valence-corrected chi connectivity index (χ2v) is 9.27. The Morgan fingerprint density at radius 2 is 1.84 bits per heavy atom. The summed E-state index contributed by atoms with van der Waals surface area (Å²) in [5, 5.41) is 14.4. The van der Waals surface area contributed by atoms with E-state index in [1.165, 1.54) is 5.56 Å². The lowest BCUT2D eigenvalue weighted by atomic mass is 9.94. The lowest BCUT2D eigenvalue weighted by Gasteiger charge is -2.39. The monoisotopic (exact) mass is 424 g/mol. The number of alkyl carbamates (subject to hydrolysis) is 1. The molecule has 31 heavy (non-hydrogen) atoms. The topological polar surface area (TPSA) is 75.0 Å². The van der Waals surface area contributed by atoms with Crippen LogP contribution in [0.25, 0.3) is 0 Å². The van der Waals surface area contributed by atoms with E-state index in [4.69, 9.17) is 9.84 Å². The summed E-state index contributed by atoms with van der Waals surface area (Å²) in [4.78, 5) is 14.4. The van der Waals surface area contributed by atoms with Gasteiger partial charge in [-0.1, -0.05) is 24.3 Å². The van der Waals surface area contributed by atoms with Gasteiger partial charge in [0.1, 0.15) is 11.6 Å². The van der Waals surface area contributed by atoms with Gasteiger partial charge in [-0.2, -0.15) is 10.2 Å². The van der Waals surface area contributed by atoms with Crippen molar-refractivity contribution in [2.24, 2.45) is 12.1 Å². The van der Waals surface area contributed by atoms with Crippen LogP contribution >= 0.6 is 0 Å². The van der Waals surface area contributed by atoms with E-state index in [-0.39, 0.29) is 18.2 Å². The molecule has 166 valence electrons. The standard InChI is InChI=1S/C23H32N6O2/c1-23(2,3)31-22(30)25-16-11-14-29(15-12-16)21-18-9-7-6-8-17(18)20(28(5)26-21)19-10-13-24-27(19)4/h6-10,13,16,20H,11-12,14-15H2,1-5H3,(H,25,30). The number of rotatable bonds is 2. The lowest BCUT2D eigenvalue weighted by molar-refractivity contribution is 0.0488. The number of nitrogens with one attached hydrogen (secondary N) is 1. The number of amidine groups is 1. The summed E-state index contributed by atoms with van der Waals surface area (Å²) in [5.74, 6) is 0.993. The first kappa shape index (κ1) is 21.2. The van der Waals surface area contributed by atoms with Crippen molar-refractivity contribution in [3.05, 3.63) is 53.3 Å². The summed E-state index contributed by atoms with van der Waals surface area (Å²) in [6.07, 6.45) is 3.20. The van der Waals surface area contributed by atoms with Gasteiger partial charge in [0.25, 0.3) is 0 Å². The van der Waals surface area contributed by atoms with E-state index in [1.807, 2.05) is 56.8 Å². The van der Waals surface area contributed by atoms with Gasteiger partial charge in [0.2, 0.25) is 0 Å². The third-order valence-corrected chi connectivity index (χ3v) is 5.78. The molecule has 1 N–H and O–H groups in total. The maximum Gasteiger partial charge on any atom is 0.407 e. The quantitative estimate of drug-likeness (QED) is 0.802. The van der Waals surface area contributed by atoms with Gasteiger partial charge in [0.05, 0.1) is 5.69 Å². The number of fused-ring (bicyclic) bond motifs is 1. The molecule has 8 heteroatoms. The molecule has 1 atom stereocenters. The van der Waals surface area contributed by atoms with E-state index in [2.05, 4.69) is 39.6 Å². The van der Waals surface area contributed by atoms with Crippen molar-refractivity contribution in [1.82, 2.24) is 25.0 Å². The van der Waals surface area contributed by atoms with Crippen LogP contribution in [0.15, 0.2) is 41.6 Å². The van der Waals surface area contributed by atoms with Crippen LogP contribution in [-0.4, -0.2) is 63.4 Å². The molecular weight excluding hydrogens is 392 g/mol. The molecule has 1 saturated heterocycles. The number of amides is 1. The van der Waals surface area contributed by atoms with Crippen LogP contribution in [0.2, 0.25) is 0 Å². The minimum atomic E-state index is -0.486. The summed E-state index contributed by atoms with van der Waals surface area (Å²) in [5.41, 5.74) is 3.01. The molecule has 3 heterocycles. The normalized spacial score (nSPS) is 19.6. The number of hydrogen-bond acceptors (Lipinski definition) is 6. The van der Waals surface area contributed by atoms with Gasteiger partial charge >= 0.3 is 6.09 Å². The van der Waals surface area contributed by atoms with Crippen LogP contribution in [-0.2, 0) is 11.8 Å². The fourth-order valence-electron chi connectivity index (χ4n) is 4.35. The van der Waals surface area contributed by atoms with E-state index in [1.54, 1.807) is 0 Å². The van der Waals surface area contributed by atoms with Gasteiger partial charge < -0.3 is 15.0 Å². The van der Waals surface area contributed by atoms with E-state index >= 15 is 0 Å². The molecule has 1 fully saturated rings. The van der Waals surface area contributed by atoms with Crippen molar-refractivity contribution < 1.29 is 9.53 Å². The summed E-state index contributed by atoms with van der Waals surface area (Å²) in [6, 6.07) is 10.7. The first-order valence-corrected chi connectivity index (χ1v) is 10.9.